The van der Waals surface area contributed by atoms with Crippen LogP contribution in [0.4, 0.5) is 0 Å². The fourth-order valence-electron chi connectivity index (χ4n) is 11.1. The highest BCUT2D eigenvalue weighted by atomic mass is 15.2. The molecule has 6 bridgehead atoms. The van der Waals surface area contributed by atoms with Gasteiger partial charge in [0.1, 0.15) is 6.67 Å². The van der Waals surface area contributed by atoms with Crippen LogP contribution in [-0.4, -0.2) is 20.6 Å². The standard InChI is InChI=1S/C53H54N4/c1-22-23(2)31(10)47-39-18-43-51-35(14)28(7)29(8)37(16)53(51)45-20-41-49-33(12)25(4)24(3)32(11)48(49)40(55-41)19-44-52-36(15)27(6)26(5)34(13)50(52)42(56(44)21-57(43)45)17-38(54-39)46(47)30(22)9/h17-20H,21H2,1-16H3. The molecule has 4 aliphatic rings. The van der Waals surface area contributed by atoms with Crippen molar-refractivity contribution in [2.24, 2.45) is 9.98 Å². The van der Waals surface area contributed by atoms with Crippen molar-refractivity contribution in [2.45, 2.75) is 117 Å². The minimum atomic E-state index is 0.659. The van der Waals surface area contributed by atoms with Crippen LogP contribution < -0.4 is 10.7 Å². The maximum atomic E-state index is 5.68. The van der Waals surface area contributed by atoms with Gasteiger partial charge >= 0.3 is 0 Å². The predicted molar refractivity (Wildman–Crippen MR) is 245 cm³/mol. The van der Waals surface area contributed by atoms with Gasteiger partial charge < -0.3 is 9.13 Å². The molecular formula is C53H54N4. The minimum absolute atomic E-state index is 0.659. The number of fused-ring (bicyclic) bond motifs is 14. The molecule has 2 aromatic heterocycles. The molecule has 0 saturated heterocycles. The number of rotatable bonds is 0. The molecule has 286 valence electrons. The highest BCUT2D eigenvalue weighted by Gasteiger charge is 2.33. The average molecular weight is 747 g/mol. The van der Waals surface area contributed by atoms with Crippen molar-refractivity contribution in [1.82, 2.24) is 9.13 Å². The highest BCUT2D eigenvalue weighted by Crippen LogP contribution is 2.45. The molecule has 0 atom stereocenters. The molecule has 57 heavy (non-hydrogen) atoms. The molecule has 6 aromatic rings. The molecule has 0 unspecified atom stereocenters. The molecule has 6 heterocycles. The summed E-state index contributed by atoms with van der Waals surface area (Å²) in [5.41, 5.74) is 33.2. The molecule has 4 heteroatoms. The summed E-state index contributed by atoms with van der Waals surface area (Å²) in [6.07, 6.45) is 9.73. The first-order chi connectivity index (χ1) is 27.0. The maximum absolute atomic E-state index is 5.68. The summed E-state index contributed by atoms with van der Waals surface area (Å²) in [6.45, 7) is 37.5. The normalized spacial score (nSPS) is 14.9. The Bertz CT molecular complexity index is 3070. The van der Waals surface area contributed by atoms with Crippen LogP contribution in [0.2, 0.25) is 0 Å². The van der Waals surface area contributed by atoms with Gasteiger partial charge in [-0.15, -0.1) is 0 Å². The number of aliphatic imine (C=N–C) groups is 2. The largest absolute Gasteiger partial charge is 0.321 e. The van der Waals surface area contributed by atoms with E-state index in [2.05, 4.69) is 144 Å². The Morgan fingerprint density at radius 2 is 0.614 bits per heavy atom. The molecule has 0 radical (unpaired) electrons. The predicted octanol–water partition coefficient (Wildman–Crippen LogP) is 11.2. The van der Waals surface area contributed by atoms with E-state index in [0.717, 1.165) is 22.8 Å². The van der Waals surface area contributed by atoms with Crippen molar-refractivity contribution in [2.75, 3.05) is 0 Å². The summed E-state index contributed by atoms with van der Waals surface area (Å²) >= 11 is 0. The van der Waals surface area contributed by atoms with E-state index >= 15 is 0 Å². The van der Waals surface area contributed by atoms with E-state index in [0.29, 0.717) is 6.67 Å². The average Bonchev–Trinajstić information content (AvgIpc) is 3.90. The van der Waals surface area contributed by atoms with Gasteiger partial charge in [0.25, 0.3) is 0 Å². The van der Waals surface area contributed by atoms with Gasteiger partial charge in [-0.3, -0.25) is 0 Å². The molecule has 0 amide bonds. The number of benzene rings is 4. The summed E-state index contributed by atoms with van der Waals surface area (Å²) in [6, 6.07) is 0. The van der Waals surface area contributed by atoms with Gasteiger partial charge in [-0.2, -0.15) is 0 Å². The molecule has 4 aromatic carbocycles. The number of hydrogen-bond donors (Lipinski definition) is 0. The van der Waals surface area contributed by atoms with Crippen LogP contribution in [0.5, 0.6) is 0 Å². The number of aromatic nitrogens is 2. The SMILES string of the molecule is Cc1c(C)c(C)c2c(c1C)C1=Cc3c4c(C)c(C)c(C)c(C)c4c4n3Cn3c(c5c(C)c(C)c(C)c(C)c5c3=CC3=NC(=C4)c4c(C)c(C)c(C)c(C)c43)=CC2=N1. The van der Waals surface area contributed by atoms with Crippen LogP contribution in [0.15, 0.2) is 9.98 Å². The van der Waals surface area contributed by atoms with Crippen LogP contribution >= 0.6 is 0 Å². The van der Waals surface area contributed by atoms with E-state index < -0.39 is 0 Å². The number of nitrogens with zero attached hydrogens (tertiary/aromatic N) is 4. The van der Waals surface area contributed by atoms with Gasteiger partial charge in [0, 0.05) is 43.8 Å². The summed E-state index contributed by atoms with van der Waals surface area (Å²) in [7, 11) is 0. The van der Waals surface area contributed by atoms with Crippen LogP contribution in [0.1, 0.15) is 123 Å². The molecule has 0 saturated carbocycles. The van der Waals surface area contributed by atoms with E-state index in [-0.39, 0.29) is 0 Å². The van der Waals surface area contributed by atoms with Crippen LogP contribution in [0, 0.1) is 111 Å². The van der Waals surface area contributed by atoms with Crippen LogP contribution in [0.3, 0.4) is 0 Å². The van der Waals surface area contributed by atoms with E-state index in [4.69, 9.17) is 9.98 Å². The van der Waals surface area contributed by atoms with E-state index in [1.807, 2.05) is 0 Å². The Kier molecular flexibility index (Phi) is 7.28. The lowest BCUT2D eigenvalue weighted by Crippen LogP contribution is -2.32. The summed E-state index contributed by atoms with van der Waals surface area (Å²) in [5, 5.41) is 7.71. The lowest BCUT2D eigenvalue weighted by molar-refractivity contribution is 0.586. The third-order valence-electron chi connectivity index (χ3n) is 15.8. The molecule has 0 fully saturated rings. The van der Waals surface area contributed by atoms with Crippen LogP contribution in [0.25, 0.3) is 57.2 Å². The van der Waals surface area contributed by atoms with Gasteiger partial charge in [0.05, 0.1) is 44.9 Å². The molecule has 0 aliphatic carbocycles. The second kappa shape index (κ2) is 11.6. The molecule has 0 N–H and O–H groups in total. The maximum Gasteiger partial charge on any atom is 0.100 e. The van der Waals surface area contributed by atoms with Gasteiger partial charge in [-0.05, 0) is 224 Å². The second-order valence-corrected chi connectivity index (χ2v) is 17.9. The summed E-state index contributed by atoms with van der Waals surface area (Å²) < 4.78 is 5.23. The van der Waals surface area contributed by atoms with Gasteiger partial charge in [-0.1, -0.05) is 0 Å². The van der Waals surface area contributed by atoms with E-state index in [9.17, 15) is 0 Å². The van der Waals surface area contributed by atoms with Crippen molar-refractivity contribution in [3.63, 3.8) is 0 Å². The van der Waals surface area contributed by atoms with Crippen molar-refractivity contribution >= 4 is 68.7 Å². The van der Waals surface area contributed by atoms with Crippen molar-refractivity contribution in [3.8, 4) is 0 Å². The zero-order chi connectivity index (χ0) is 40.6. The third-order valence-corrected chi connectivity index (χ3v) is 15.8. The van der Waals surface area contributed by atoms with Gasteiger partial charge in [0.15, 0.2) is 0 Å². The lowest BCUT2D eigenvalue weighted by atomic mass is 9.86. The Morgan fingerprint density at radius 1 is 0.316 bits per heavy atom. The topological polar surface area (TPSA) is 34.6 Å². The van der Waals surface area contributed by atoms with Crippen LogP contribution in [-0.2, 0) is 6.67 Å². The fraction of sp³-hybridized carbons (Fsp3) is 0.321. The first-order valence-electron chi connectivity index (χ1n) is 20.7. The molecule has 0 spiro atoms. The highest BCUT2D eigenvalue weighted by molar-refractivity contribution is 6.31. The molecule has 10 rings (SSSR count). The molecule has 4 aliphatic heterocycles. The smallest absolute Gasteiger partial charge is 0.100 e. The third kappa shape index (κ3) is 4.29. The van der Waals surface area contributed by atoms with Gasteiger partial charge in [-0.25, -0.2) is 9.98 Å². The van der Waals surface area contributed by atoms with Crippen molar-refractivity contribution in [3.05, 3.63) is 133 Å². The molecular weight excluding hydrogens is 693 g/mol. The van der Waals surface area contributed by atoms with E-state index in [1.54, 1.807) is 0 Å². The monoisotopic (exact) mass is 746 g/mol. The first-order valence-corrected chi connectivity index (χ1v) is 20.7. The first kappa shape index (κ1) is 35.9. The Balaban J connectivity index is 1.55. The van der Waals surface area contributed by atoms with E-state index in [1.165, 1.54) is 155 Å². The zero-order valence-corrected chi connectivity index (χ0v) is 36.8. The Labute approximate surface area is 337 Å². The molecule has 4 nitrogen and oxygen atoms in total. The second-order valence-electron chi connectivity index (χ2n) is 17.9. The Hall–Kier alpha value is -5.48. The fourth-order valence-corrected chi connectivity index (χ4v) is 11.1. The zero-order valence-electron chi connectivity index (χ0n) is 36.8. The van der Waals surface area contributed by atoms with Gasteiger partial charge in [0.2, 0.25) is 0 Å². The Morgan fingerprint density at radius 3 is 0.965 bits per heavy atom. The lowest BCUT2D eigenvalue weighted by Gasteiger charge is -2.16. The number of hydrogen-bond acceptors (Lipinski definition) is 2. The summed E-state index contributed by atoms with van der Waals surface area (Å²) in [5.74, 6) is 0. The quantitative estimate of drug-likeness (QED) is 0.148. The number of aryl methyl sites for hydroxylation is 4. The van der Waals surface area contributed by atoms with Crippen molar-refractivity contribution < 1.29 is 0 Å². The minimum Gasteiger partial charge on any atom is -0.321 e. The van der Waals surface area contributed by atoms with Crippen molar-refractivity contribution in [1.29, 1.82) is 0 Å². The summed E-state index contributed by atoms with van der Waals surface area (Å²) in [4.78, 5) is 11.4.